The lowest BCUT2D eigenvalue weighted by molar-refractivity contribution is 0.0704. The van der Waals surface area contributed by atoms with E-state index in [0.29, 0.717) is 30.6 Å². The van der Waals surface area contributed by atoms with Crippen LogP contribution < -0.4 is 10.3 Å². The standard InChI is InChI=1S/C23H23N3O3/c27-22-20(14-24-21(25-22)16-29-19-11-5-2-6-12-19)23(28)26-13-7-10-18(15-26)17-8-3-1-4-9-17/h1-6,8-9,11-12,14,18H,7,10,13,15-16H2,(H,24,25,27)/t18-/m1/s1. The smallest absolute Gasteiger partial charge is 0.263 e. The van der Waals surface area contributed by atoms with E-state index < -0.39 is 5.56 Å². The number of aromatic nitrogens is 2. The van der Waals surface area contributed by atoms with Gasteiger partial charge in [0.25, 0.3) is 11.5 Å². The lowest BCUT2D eigenvalue weighted by atomic mass is 9.90. The van der Waals surface area contributed by atoms with Crippen molar-refractivity contribution in [1.29, 1.82) is 0 Å². The second-order valence-electron chi connectivity index (χ2n) is 7.18. The van der Waals surface area contributed by atoms with Crippen LogP contribution in [0.25, 0.3) is 0 Å². The fourth-order valence-electron chi connectivity index (χ4n) is 3.66. The number of hydrogen-bond acceptors (Lipinski definition) is 4. The van der Waals surface area contributed by atoms with Crippen molar-refractivity contribution < 1.29 is 9.53 Å². The number of aromatic amines is 1. The lowest BCUT2D eigenvalue weighted by Gasteiger charge is -2.33. The van der Waals surface area contributed by atoms with Crippen LogP contribution in [0.3, 0.4) is 0 Å². The Morgan fingerprint density at radius 1 is 1.10 bits per heavy atom. The molecule has 1 aromatic heterocycles. The number of benzene rings is 2. The molecular weight excluding hydrogens is 366 g/mol. The minimum Gasteiger partial charge on any atom is -0.486 e. The minimum absolute atomic E-state index is 0.0715. The summed E-state index contributed by atoms with van der Waals surface area (Å²) in [5, 5.41) is 0. The first kappa shape index (κ1) is 18.9. The molecule has 3 aromatic rings. The first-order chi connectivity index (χ1) is 14.2. The van der Waals surface area contributed by atoms with Gasteiger partial charge in [0.05, 0.1) is 0 Å². The molecule has 0 radical (unpaired) electrons. The van der Waals surface area contributed by atoms with Crippen LogP contribution in [0.4, 0.5) is 0 Å². The molecule has 0 spiro atoms. The number of para-hydroxylation sites is 1. The van der Waals surface area contributed by atoms with Crippen LogP contribution >= 0.6 is 0 Å². The van der Waals surface area contributed by atoms with Gasteiger partial charge < -0.3 is 14.6 Å². The van der Waals surface area contributed by atoms with Gasteiger partial charge in [-0.25, -0.2) is 4.98 Å². The van der Waals surface area contributed by atoms with E-state index in [1.165, 1.54) is 11.8 Å². The van der Waals surface area contributed by atoms with Crippen LogP contribution in [0.5, 0.6) is 5.75 Å². The quantitative estimate of drug-likeness (QED) is 0.726. The molecule has 2 aromatic carbocycles. The summed E-state index contributed by atoms with van der Waals surface area (Å²) < 4.78 is 5.60. The minimum atomic E-state index is -0.432. The topological polar surface area (TPSA) is 75.3 Å². The van der Waals surface area contributed by atoms with E-state index in [9.17, 15) is 9.59 Å². The van der Waals surface area contributed by atoms with E-state index in [4.69, 9.17) is 4.74 Å². The Morgan fingerprint density at radius 2 is 1.83 bits per heavy atom. The fraction of sp³-hybridized carbons (Fsp3) is 0.261. The number of likely N-dealkylation sites (tertiary alicyclic amines) is 1. The highest BCUT2D eigenvalue weighted by Gasteiger charge is 2.27. The molecule has 6 nitrogen and oxygen atoms in total. The Balaban J connectivity index is 1.43. The Kier molecular flexibility index (Phi) is 5.70. The Morgan fingerprint density at radius 3 is 2.55 bits per heavy atom. The molecule has 2 heterocycles. The van der Waals surface area contributed by atoms with Crippen LogP contribution in [0, 0.1) is 0 Å². The Hall–Kier alpha value is -3.41. The number of carbonyl (C=O) groups is 1. The van der Waals surface area contributed by atoms with Crippen molar-refractivity contribution in [3.8, 4) is 5.75 Å². The first-order valence-electron chi connectivity index (χ1n) is 9.81. The average molecular weight is 389 g/mol. The molecular formula is C23H23N3O3. The van der Waals surface area contributed by atoms with E-state index in [1.54, 1.807) is 4.90 Å². The number of carbonyl (C=O) groups excluding carboxylic acids is 1. The third-order valence-corrected chi connectivity index (χ3v) is 5.18. The van der Waals surface area contributed by atoms with Crippen LogP contribution in [0.15, 0.2) is 71.7 Å². The molecule has 0 unspecified atom stereocenters. The van der Waals surface area contributed by atoms with E-state index in [1.807, 2.05) is 48.5 Å². The average Bonchev–Trinajstić information content (AvgIpc) is 2.79. The van der Waals surface area contributed by atoms with Crippen molar-refractivity contribution in [3.63, 3.8) is 0 Å². The monoisotopic (exact) mass is 389 g/mol. The van der Waals surface area contributed by atoms with Crippen molar-refractivity contribution in [2.75, 3.05) is 13.1 Å². The summed E-state index contributed by atoms with van der Waals surface area (Å²) in [5.74, 6) is 1.10. The number of amides is 1. The molecule has 148 valence electrons. The van der Waals surface area contributed by atoms with Crippen LogP contribution in [0.2, 0.25) is 0 Å². The van der Waals surface area contributed by atoms with Gasteiger partial charge in [-0.1, -0.05) is 48.5 Å². The van der Waals surface area contributed by atoms with Crippen LogP contribution in [0.1, 0.15) is 40.5 Å². The van der Waals surface area contributed by atoms with Gasteiger partial charge in [0.15, 0.2) is 0 Å². The van der Waals surface area contributed by atoms with Crippen molar-refractivity contribution in [3.05, 3.63) is 94.2 Å². The zero-order chi connectivity index (χ0) is 20.1. The SMILES string of the molecule is O=C(c1cnc(COc2ccccc2)[nH]c1=O)N1CCC[C@@H](c2ccccc2)C1. The number of nitrogens with one attached hydrogen (secondary N) is 1. The van der Waals surface area contributed by atoms with Crippen molar-refractivity contribution in [2.24, 2.45) is 0 Å². The van der Waals surface area contributed by atoms with Gasteiger partial charge in [-0.15, -0.1) is 0 Å². The van der Waals surface area contributed by atoms with E-state index in [-0.39, 0.29) is 18.1 Å². The largest absolute Gasteiger partial charge is 0.486 e. The predicted octanol–water partition coefficient (Wildman–Crippen LogP) is 3.37. The van der Waals surface area contributed by atoms with Crippen LogP contribution in [-0.4, -0.2) is 33.9 Å². The summed E-state index contributed by atoms with van der Waals surface area (Å²) in [5.41, 5.74) is 0.867. The summed E-state index contributed by atoms with van der Waals surface area (Å²) >= 11 is 0. The van der Waals surface area contributed by atoms with Crippen molar-refractivity contribution in [1.82, 2.24) is 14.9 Å². The molecule has 4 rings (SSSR count). The molecule has 1 saturated heterocycles. The van der Waals surface area contributed by atoms with Gasteiger partial charge in [-0.2, -0.15) is 0 Å². The molecule has 0 aliphatic carbocycles. The van der Waals surface area contributed by atoms with Gasteiger partial charge in [0.2, 0.25) is 0 Å². The molecule has 1 N–H and O–H groups in total. The van der Waals surface area contributed by atoms with Gasteiger partial charge >= 0.3 is 0 Å². The Labute approximate surface area is 169 Å². The predicted molar refractivity (Wildman–Crippen MR) is 110 cm³/mol. The third-order valence-electron chi connectivity index (χ3n) is 5.18. The third kappa shape index (κ3) is 4.54. The fourth-order valence-corrected chi connectivity index (χ4v) is 3.66. The maximum atomic E-state index is 12.9. The number of hydrogen-bond donors (Lipinski definition) is 1. The normalized spacial score (nSPS) is 16.4. The first-order valence-corrected chi connectivity index (χ1v) is 9.81. The number of ether oxygens (including phenoxy) is 1. The molecule has 29 heavy (non-hydrogen) atoms. The van der Waals surface area contributed by atoms with Gasteiger partial charge in [0.1, 0.15) is 23.7 Å². The van der Waals surface area contributed by atoms with Gasteiger partial charge in [-0.05, 0) is 30.5 Å². The van der Waals surface area contributed by atoms with E-state index >= 15 is 0 Å². The number of H-pyrrole nitrogens is 1. The second-order valence-corrected chi connectivity index (χ2v) is 7.18. The zero-order valence-corrected chi connectivity index (χ0v) is 16.1. The zero-order valence-electron chi connectivity index (χ0n) is 16.1. The number of nitrogens with zero attached hydrogens (tertiary/aromatic N) is 2. The summed E-state index contributed by atoms with van der Waals surface area (Å²) in [6.45, 7) is 1.40. The molecule has 1 atom stereocenters. The number of piperidine rings is 1. The summed E-state index contributed by atoms with van der Waals surface area (Å²) in [4.78, 5) is 34.1. The maximum absolute atomic E-state index is 12.9. The molecule has 0 bridgehead atoms. The number of rotatable bonds is 5. The van der Waals surface area contributed by atoms with Crippen molar-refractivity contribution in [2.45, 2.75) is 25.4 Å². The molecule has 1 amide bonds. The van der Waals surface area contributed by atoms with Crippen molar-refractivity contribution >= 4 is 5.91 Å². The van der Waals surface area contributed by atoms with Gasteiger partial charge in [-0.3, -0.25) is 9.59 Å². The molecule has 1 aliphatic rings. The lowest BCUT2D eigenvalue weighted by Crippen LogP contribution is -2.41. The second kappa shape index (κ2) is 8.73. The van der Waals surface area contributed by atoms with E-state index in [2.05, 4.69) is 22.1 Å². The molecule has 1 fully saturated rings. The highest BCUT2D eigenvalue weighted by atomic mass is 16.5. The molecule has 6 heteroatoms. The van der Waals surface area contributed by atoms with E-state index in [0.717, 1.165) is 12.8 Å². The Bertz CT molecular complexity index is 1020. The summed E-state index contributed by atoms with van der Waals surface area (Å²) in [6, 6.07) is 19.5. The summed E-state index contributed by atoms with van der Waals surface area (Å²) in [7, 11) is 0. The maximum Gasteiger partial charge on any atom is 0.263 e. The molecule has 0 saturated carbocycles. The van der Waals surface area contributed by atoms with Crippen LogP contribution in [-0.2, 0) is 6.61 Å². The highest BCUT2D eigenvalue weighted by Crippen LogP contribution is 2.27. The molecule has 1 aliphatic heterocycles. The summed E-state index contributed by atoms with van der Waals surface area (Å²) in [6.07, 6.45) is 3.31. The van der Waals surface area contributed by atoms with Gasteiger partial charge in [0, 0.05) is 25.2 Å². The highest BCUT2D eigenvalue weighted by molar-refractivity contribution is 5.93.